The molecule has 0 bridgehead atoms. The Morgan fingerprint density at radius 2 is 1.90 bits per heavy atom. The van der Waals surface area contributed by atoms with E-state index in [4.69, 9.17) is 0 Å². The summed E-state index contributed by atoms with van der Waals surface area (Å²) >= 11 is 0. The van der Waals surface area contributed by atoms with Crippen LogP contribution in [0.25, 0.3) is 5.57 Å². The van der Waals surface area contributed by atoms with Crippen molar-refractivity contribution in [3.63, 3.8) is 0 Å². The molecule has 1 aliphatic rings. The molecule has 1 aliphatic heterocycles. The summed E-state index contributed by atoms with van der Waals surface area (Å²) in [5.41, 5.74) is 9.75. The molecule has 0 fully saturated rings. The third kappa shape index (κ3) is 4.76. The fourth-order valence-corrected chi connectivity index (χ4v) is 4.09. The van der Waals surface area contributed by atoms with Crippen LogP contribution in [0.1, 0.15) is 56.4 Å². The van der Waals surface area contributed by atoms with Crippen LogP contribution in [0.2, 0.25) is 0 Å². The molecule has 29 heavy (non-hydrogen) atoms. The minimum atomic E-state index is -0.0734. The average Bonchev–Trinajstić information content (AvgIpc) is 2.68. The van der Waals surface area contributed by atoms with Gasteiger partial charge in [-0.25, -0.2) is 5.43 Å². The average molecular weight is 390 g/mol. The minimum Gasteiger partial charge on any atom is -0.363 e. The Morgan fingerprint density at radius 3 is 2.59 bits per heavy atom. The smallest absolute Gasteiger partial charge is 0.240 e. The number of hydrazone groups is 1. The summed E-state index contributed by atoms with van der Waals surface area (Å²) < 4.78 is 0. The molecule has 3 rings (SSSR count). The molecule has 0 spiro atoms. The minimum absolute atomic E-state index is 0.000602. The first-order chi connectivity index (χ1) is 13.8. The number of fused-ring (bicyclic) bond motifs is 1. The van der Waals surface area contributed by atoms with Crippen LogP contribution in [0.4, 0.5) is 5.69 Å². The SMILES string of the molecule is CCN1c2cc(C)c(/C=N/NC(=O)CCc3ccccc3)cc2C(C)=CC1(C)C. The largest absolute Gasteiger partial charge is 0.363 e. The fraction of sp³-hybridized carbons (Fsp3) is 0.360. The molecule has 0 aliphatic carbocycles. The molecule has 0 unspecified atom stereocenters. The highest BCUT2D eigenvalue weighted by atomic mass is 16.2. The van der Waals surface area contributed by atoms with Crippen molar-refractivity contribution in [2.75, 3.05) is 11.4 Å². The summed E-state index contributed by atoms with van der Waals surface area (Å²) in [5.74, 6) is -0.0734. The number of allylic oxidation sites excluding steroid dienone is 1. The second-order valence-corrected chi connectivity index (χ2v) is 8.23. The fourth-order valence-electron chi connectivity index (χ4n) is 4.09. The molecule has 0 saturated heterocycles. The monoisotopic (exact) mass is 389 g/mol. The van der Waals surface area contributed by atoms with E-state index in [9.17, 15) is 4.79 Å². The van der Waals surface area contributed by atoms with E-state index in [0.29, 0.717) is 12.8 Å². The molecule has 1 N–H and O–H groups in total. The van der Waals surface area contributed by atoms with Gasteiger partial charge in [0.25, 0.3) is 0 Å². The zero-order valence-corrected chi connectivity index (χ0v) is 18.1. The zero-order chi connectivity index (χ0) is 21.0. The molecule has 0 aromatic heterocycles. The maximum Gasteiger partial charge on any atom is 0.240 e. The lowest BCUT2D eigenvalue weighted by atomic mass is 9.87. The second kappa shape index (κ2) is 8.64. The summed E-state index contributed by atoms with van der Waals surface area (Å²) in [7, 11) is 0. The van der Waals surface area contributed by atoms with Gasteiger partial charge in [0, 0.05) is 24.2 Å². The molecule has 4 nitrogen and oxygen atoms in total. The number of carbonyl (C=O) groups is 1. The highest BCUT2D eigenvalue weighted by Crippen LogP contribution is 2.39. The molecule has 2 aromatic rings. The maximum absolute atomic E-state index is 12.1. The standard InChI is InChI=1S/C25H31N3O/c1-6-28-23-14-18(2)21(15-22(23)19(3)16-25(28,4)5)17-26-27-24(29)13-12-20-10-8-7-9-11-20/h7-11,14-17H,6,12-13H2,1-5H3,(H,27,29)/b26-17+. The number of anilines is 1. The molecule has 4 heteroatoms. The normalized spacial score (nSPS) is 15.2. The van der Waals surface area contributed by atoms with Gasteiger partial charge in [-0.3, -0.25) is 4.79 Å². The van der Waals surface area contributed by atoms with Crippen LogP contribution in [0.5, 0.6) is 0 Å². The van der Waals surface area contributed by atoms with Crippen molar-refractivity contribution in [1.82, 2.24) is 5.43 Å². The van der Waals surface area contributed by atoms with Crippen molar-refractivity contribution in [3.8, 4) is 0 Å². The van der Waals surface area contributed by atoms with Crippen molar-refractivity contribution >= 4 is 23.4 Å². The number of nitrogens with one attached hydrogen (secondary N) is 1. The Morgan fingerprint density at radius 1 is 1.17 bits per heavy atom. The van der Waals surface area contributed by atoms with Gasteiger partial charge in [0.15, 0.2) is 0 Å². The van der Waals surface area contributed by atoms with Crippen molar-refractivity contribution in [1.29, 1.82) is 0 Å². The van der Waals surface area contributed by atoms with Crippen LogP contribution < -0.4 is 10.3 Å². The number of carbonyl (C=O) groups excluding carboxylic acids is 1. The number of amides is 1. The summed E-state index contributed by atoms with van der Waals surface area (Å²) in [6.45, 7) is 11.9. The first-order valence-corrected chi connectivity index (χ1v) is 10.3. The Labute approximate surface area is 174 Å². The van der Waals surface area contributed by atoms with Gasteiger partial charge in [0.2, 0.25) is 5.91 Å². The molecular formula is C25H31N3O. The molecule has 0 radical (unpaired) electrons. The van der Waals surface area contributed by atoms with E-state index < -0.39 is 0 Å². The number of hydrogen-bond acceptors (Lipinski definition) is 3. The zero-order valence-electron chi connectivity index (χ0n) is 18.1. The summed E-state index contributed by atoms with van der Waals surface area (Å²) in [6, 6.07) is 14.4. The van der Waals surface area contributed by atoms with E-state index in [-0.39, 0.29) is 11.4 Å². The highest BCUT2D eigenvalue weighted by molar-refractivity contribution is 5.90. The Hall–Kier alpha value is -2.88. The van der Waals surface area contributed by atoms with Gasteiger partial charge < -0.3 is 4.90 Å². The van der Waals surface area contributed by atoms with Crippen LogP contribution in [0, 0.1) is 6.92 Å². The van der Waals surface area contributed by atoms with Crippen molar-refractivity contribution in [2.24, 2.45) is 5.10 Å². The molecular weight excluding hydrogens is 358 g/mol. The highest BCUT2D eigenvalue weighted by Gasteiger charge is 2.30. The van der Waals surface area contributed by atoms with Gasteiger partial charge in [-0.1, -0.05) is 36.4 Å². The number of nitrogens with zero attached hydrogens (tertiary/aromatic N) is 2. The lowest BCUT2D eigenvalue weighted by molar-refractivity contribution is -0.121. The van der Waals surface area contributed by atoms with E-state index in [0.717, 1.165) is 23.2 Å². The van der Waals surface area contributed by atoms with Gasteiger partial charge >= 0.3 is 0 Å². The number of aryl methyl sites for hydroxylation is 2. The van der Waals surface area contributed by atoms with Crippen LogP contribution in [0.15, 0.2) is 53.6 Å². The lowest BCUT2D eigenvalue weighted by Crippen LogP contribution is -2.45. The third-order valence-electron chi connectivity index (χ3n) is 5.56. The van der Waals surface area contributed by atoms with Gasteiger partial charge in [-0.05, 0) is 75.4 Å². The number of benzene rings is 2. The summed E-state index contributed by atoms with van der Waals surface area (Å²) in [6.07, 6.45) is 5.21. The third-order valence-corrected chi connectivity index (χ3v) is 5.56. The molecule has 0 saturated carbocycles. The second-order valence-electron chi connectivity index (χ2n) is 8.23. The molecule has 1 heterocycles. The van der Waals surface area contributed by atoms with Gasteiger partial charge in [-0.2, -0.15) is 5.10 Å². The van der Waals surface area contributed by atoms with E-state index in [1.165, 1.54) is 16.8 Å². The molecule has 1 amide bonds. The van der Waals surface area contributed by atoms with Crippen molar-refractivity contribution in [2.45, 2.75) is 53.0 Å². The first kappa shape index (κ1) is 20.8. The van der Waals surface area contributed by atoms with Crippen molar-refractivity contribution < 1.29 is 4.79 Å². The van der Waals surface area contributed by atoms with Gasteiger partial charge in [0.05, 0.1) is 11.8 Å². The van der Waals surface area contributed by atoms with Crippen LogP contribution >= 0.6 is 0 Å². The molecule has 152 valence electrons. The molecule has 2 aromatic carbocycles. The first-order valence-electron chi connectivity index (χ1n) is 10.3. The predicted molar refractivity (Wildman–Crippen MR) is 122 cm³/mol. The molecule has 0 atom stereocenters. The summed E-state index contributed by atoms with van der Waals surface area (Å²) in [5, 5.41) is 4.20. The van der Waals surface area contributed by atoms with Crippen LogP contribution in [0.3, 0.4) is 0 Å². The van der Waals surface area contributed by atoms with Gasteiger partial charge in [0.1, 0.15) is 0 Å². The lowest BCUT2D eigenvalue weighted by Gasteiger charge is -2.43. The van der Waals surface area contributed by atoms with Crippen LogP contribution in [-0.2, 0) is 11.2 Å². The van der Waals surface area contributed by atoms with Crippen LogP contribution in [-0.4, -0.2) is 24.2 Å². The van der Waals surface area contributed by atoms with Crippen molar-refractivity contribution in [3.05, 3.63) is 70.8 Å². The quantitative estimate of drug-likeness (QED) is 0.552. The van der Waals surface area contributed by atoms with E-state index >= 15 is 0 Å². The Bertz CT molecular complexity index is 942. The van der Waals surface area contributed by atoms with E-state index in [1.54, 1.807) is 6.21 Å². The summed E-state index contributed by atoms with van der Waals surface area (Å²) in [4.78, 5) is 14.5. The number of rotatable bonds is 6. The topological polar surface area (TPSA) is 44.7 Å². The predicted octanol–water partition coefficient (Wildman–Crippen LogP) is 5.10. The number of hydrogen-bond donors (Lipinski definition) is 1. The van der Waals surface area contributed by atoms with E-state index in [2.05, 4.69) is 68.3 Å². The van der Waals surface area contributed by atoms with E-state index in [1.807, 2.05) is 30.3 Å². The number of likely N-dealkylation sites (N-methyl/N-ethyl adjacent to an activating group) is 1. The van der Waals surface area contributed by atoms with Gasteiger partial charge in [-0.15, -0.1) is 0 Å². The Kier molecular flexibility index (Phi) is 6.21. The maximum atomic E-state index is 12.1. The Balaban J connectivity index is 1.70.